The minimum absolute atomic E-state index is 0.417. The number of nitrogens with one attached hydrogen (secondary N) is 1. The first kappa shape index (κ1) is 10.6. The van der Waals surface area contributed by atoms with E-state index in [1.807, 2.05) is 24.3 Å². The van der Waals surface area contributed by atoms with Crippen LogP contribution in [0.4, 0.5) is 0 Å². The molecule has 0 atom stereocenters. The van der Waals surface area contributed by atoms with E-state index < -0.39 is 5.91 Å². The fourth-order valence-electron chi connectivity index (χ4n) is 2.16. The van der Waals surface area contributed by atoms with Gasteiger partial charge in [0.2, 0.25) is 0 Å². The fourth-order valence-corrected chi connectivity index (χ4v) is 2.16. The van der Waals surface area contributed by atoms with E-state index in [0.29, 0.717) is 5.56 Å². The molecule has 0 fully saturated rings. The smallest absolute Gasteiger partial charge is 0.250 e. The third kappa shape index (κ3) is 1.66. The molecule has 0 saturated carbocycles. The molecule has 1 heterocycles. The van der Waals surface area contributed by atoms with Gasteiger partial charge < -0.3 is 10.7 Å². The van der Waals surface area contributed by atoms with Gasteiger partial charge in [0.15, 0.2) is 0 Å². The van der Waals surface area contributed by atoms with Gasteiger partial charge in [0.25, 0.3) is 5.91 Å². The van der Waals surface area contributed by atoms with Crippen LogP contribution in [-0.2, 0) is 0 Å². The van der Waals surface area contributed by atoms with Gasteiger partial charge in [0, 0.05) is 18.0 Å². The first-order valence-corrected chi connectivity index (χ1v) is 5.71. The molecule has 0 radical (unpaired) electrons. The van der Waals surface area contributed by atoms with Gasteiger partial charge in [-0.05, 0) is 22.4 Å². The number of rotatable bonds is 2. The van der Waals surface area contributed by atoms with Crippen molar-refractivity contribution in [2.45, 2.75) is 0 Å². The van der Waals surface area contributed by atoms with Gasteiger partial charge in [0.1, 0.15) is 0 Å². The van der Waals surface area contributed by atoms with E-state index in [-0.39, 0.29) is 0 Å². The lowest BCUT2D eigenvalue weighted by Crippen LogP contribution is -2.10. The second kappa shape index (κ2) is 4.04. The summed E-state index contributed by atoms with van der Waals surface area (Å²) in [5, 5.41) is 2.32. The van der Waals surface area contributed by atoms with E-state index in [4.69, 9.17) is 5.73 Å². The van der Waals surface area contributed by atoms with Crippen LogP contribution in [-0.4, -0.2) is 10.9 Å². The summed E-state index contributed by atoms with van der Waals surface area (Å²) in [5.74, 6) is -0.417. The molecule has 1 amide bonds. The summed E-state index contributed by atoms with van der Waals surface area (Å²) in [5.41, 5.74) is 7.70. The van der Waals surface area contributed by atoms with Crippen molar-refractivity contribution in [3.8, 4) is 11.1 Å². The topological polar surface area (TPSA) is 58.9 Å². The van der Waals surface area contributed by atoms with E-state index in [9.17, 15) is 4.79 Å². The molecular weight excluding hydrogens is 224 g/mol. The number of carbonyl (C=O) groups excluding carboxylic acids is 1. The number of hydrogen-bond donors (Lipinski definition) is 2. The molecule has 0 aliphatic heterocycles. The molecule has 0 spiro atoms. The highest BCUT2D eigenvalue weighted by molar-refractivity contribution is 6.00. The molecule has 3 aromatic rings. The van der Waals surface area contributed by atoms with Gasteiger partial charge in [-0.2, -0.15) is 0 Å². The quantitative estimate of drug-likeness (QED) is 0.706. The van der Waals surface area contributed by atoms with Crippen LogP contribution in [0.25, 0.3) is 21.9 Å². The lowest BCUT2D eigenvalue weighted by atomic mass is 10.0. The van der Waals surface area contributed by atoms with Gasteiger partial charge in [-0.1, -0.05) is 36.4 Å². The minimum Gasteiger partial charge on any atom is -0.366 e. The fraction of sp³-hybridized carbons (Fsp3) is 0. The number of benzene rings is 2. The lowest BCUT2D eigenvalue weighted by molar-refractivity contribution is 0.100. The molecule has 0 aliphatic carbocycles. The maximum Gasteiger partial charge on any atom is 0.250 e. The summed E-state index contributed by atoms with van der Waals surface area (Å²) in [4.78, 5) is 14.2. The zero-order valence-corrected chi connectivity index (χ0v) is 9.68. The van der Waals surface area contributed by atoms with Crippen molar-refractivity contribution in [1.29, 1.82) is 0 Å². The molecule has 2 aromatic carbocycles. The van der Waals surface area contributed by atoms with E-state index in [2.05, 4.69) is 23.2 Å². The molecule has 88 valence electrons. The van der Waals surface area contributed by atoms with Gasteiger partial charge >= 0.3 is 0 Å². The summed E-state index contributed by atoms with van der Waals surface area (Å²) in [7, 11) is 0. The summed E-state index contributed by atoms with van der Waals surface area (Å²) in [6.07, 6.45) is 3.43. The Hall–Kier alpha value is -2.55. The highest BCUT2D eigenvalue weighted by Gasteiger charge is 2.10. The average molecular weight is 236 g/mol. The van der Waals surface area contributed by atoms with Gasteiger partial charge in [-0.25, -0.2) is 0 Å². The number of hydrogen-bond acceptors (Lipinski definition) is 1. The SMILES string of the molecule is NC(=O)c1c[nH]cc1-c1ccc2ccccc2c1. The second-order valence-electron chi connectivity index (χ2n) is 4.21. The van der Waals surface area contributed by atoms with Crippen LogP contribution in [0, 0.1) is 0 Å². The minimum atomic E-state index is -0.417. The monoisotopic (exact) mass is 236 g/mol. The van der Waals surface area contributed by atoms with Crippen molar-refractivity contribution in [3.63, 3.8) is 0 Å². The van der Waals surface area contributed by atoms with E-state index >= 15 is 0 Å². The number of primary amides is 1. The molecule has 3 rings (SSSR count). The Balaban J connectivity index is 2.19. The Labute approximate surface area is 104 Å². The van der Waals surface area contributed by atoms with Crippen molar-refractivity contribution in [2.24, 2.45) is 5.73 Å². The largest absolute Gasteiger partial charge is 0.366 e. The Bertz CT molecular complexity index is 728. The molecule has 3 nitrogen and oxygen atoms in total. The number of amides is 1. The highest BCUT2D eigenvalue weighted by atomic mass is 16.1. The maximum absolute atomic E-state index is 11.3. The number of fused-ring (bicyclic) bond motifs is 1. The van der Waals surface area contributed by atoms with Crippen LogP contribution in [0.1, 0.15) is 10.4 Å². The van der Waals surface area contributed by atoms with Gasteiger partial charge in [-0.3, -0.25) is 4.79 Å². The van der Waals surface area contributed by atoms with Crippen LogP contribution in [0.2, 0.25) is 0 Å². The lowest BCUT2D eigenvalue weighted by Gasteiger charge is -2.03. The number of aromatic amines is 1. The number of carbonyl (C=O) groups is 1. The Kier molecular flexibility index (Phi) is 2.38. The second-order valence-corrected chi connectivity index (χ2v) is 4.21. The molecule has 3 heteroatoms. The first-order chi connectivity index (χ1) is 8.75. The normalized spacial score (nSPS) is 10.7. The number of H-pyrrole nitrogens is 1. The van der Waals surface area contributed by atoms with E-state index in [0.717, 1.165) is 16.5 Å². The third-order valence-electron chi connectivity index (χ3n) is 3.07. The first-order valence-electron chi connectivity index (χ1n) is 5.71. The number of aromatic nitrogens is 1. The third-order valence-corrected chi connectivity index (χ3v) is 3.07. The molecule has 0 unspecified atom stereocenters. The molecule has 1 aromatic heterocycles. The van der Waals surface area contributed by atoms with Crippen LogP contribution in [0.3, 0.4) is 0 Å². The van der Waals surface area contributed by atoms with Crippen LogP contribution in [0.15, 0.2) is 54.9 Å². The standard InChI is InChI=1S/C15H12N2O/c16-15(18)14-9-17-8-13(14)12-6-5-10-3-1-2-4-11(10)7-12/h1-9,17H,(H2,16,18). The zero-order chi connectivity index (χ0) is 12.5. The van der Waals surface area contributed by atoms with Crippen LogP contribution in [0.5, 0.6) is 0 Å². The summed E-state index contributed by atoms with van der Waals surface area (Å²) in [6, 6.07) is 14.2. The van der Waals surface area contributed by atoms with Crippen molar-refractivity contribution in [1.82, 2.24) is 4.98 Å². The molecule has 0 bridgehead atoms. The number of nitrogens with two attached hydrogens (primary N) is 1. The molecule has 0 aliphatic rings. The van der Waals surface area contributed by atoms with Gasteiger partial charge in [0.05, 0.1) is 5.56 Å². The van der Waals surface area contributed by atoms with Crippen LogP contribution < -0.4 is 5.73 Å². The molecular formula is C15H12N2O. The zero-order valence-electron chi connectivity index (χ0n) is 9.68. The molecule has 3 N–H and O–H groups in total. The Morgan fingerprint density at radius 1 is 1.00 bits per heavy atom. The van der Waals surface area contributed by atoms with E-state index in [1.54, 1.807) is 12.4 Å². The predicted octanol–water partition coefficient (Wildman–Crippen LogP) is 2.93. The summed E-state index contributed by atoms with van der Waals surface area (Å²) >= 11 is 0. The predicted molar refractivity (Wildman–Crippen MR) is 72.3 cm³/mol. The van der Waals surface area contributed by atoms with Gasteiger partial charge in [-0.15, -0.1) is 0 Å². The average Bonchev–Trinajstić information content (AvgIpc) is 2.87. The van der Waals surface area contributed by atoms with Crippen molar-refractivity contribution >= 4 is 16.7 Å². The Morgan fingerprint density at radius 2 is 1.78 bits per heavy atom. The summed E-state index contributed by atoms with van der Waals surface area (Å²) < 4.78 is 0. The van der Waals surface area contributed by atoms with Crippen molar-refractivity contribution < 1.29 is 4.79 Å². The summed E-state index contributed by atoms with van der Waals surface area (Å²) in [6.45, 7) is 0. The molecule has 0 saturated heterocycles. The van der Waals surface area contributed by atoms with Crippen molar-refractivity contribution in [3.05, 3.63) is 60.4 Å². The van der Waals surface area contributed by atoms with E-state index in [1.165, 1.54) is 5.39 Å². The maximum atomic E-state index is 11.3. The van der Waals surface area contributed by atoms with Crippen LogP contribution >= 0.6 is 0 Å². The highest BCUT2D eigenvalue weighted by Crippen LogP contribution is 2.26. The van der Waals surface area contributed by atoms with Crippen molar-refractivity contribution in [2.75, 3.05) is 0 Å². The Morgan fingerprint density at radius 3 is 2.56 bits per heavy atom. The molecule has 18 heavy (non-hydrogen) atoms.